The van der Waals surface area contributed by atoms with Crippen LogP contribution in [0.15, 0.2) is 12.1 Å². The predicted molar refractivity (Wildman–Crippen MR) is 66.9 cm³/mol. The van der Waals surface area contributed by atoms with Gasteiger partial charge in [-0.05, 0) is 32.9 Å². The number of hydrogen-bond donors (Lipinski definition) is 1. The van der Waals surface area contributed by atoms with Crippen LogP contribution in [0.5, 0.6) is 11.5 Å². The summed E-state index contributed by atoms with van der Waals surface area (Å²) in [6, 6.07) is 3.57. The number of benzene rings is 1. The van der Waals surface area contributed by atoms with Crippen molar-refractivity contribution in [2.24, 2.45) is 0 Å². The van der Waals surface area contributed by atoms with E-state index in [-0.39, 0.29) is 11.9 Å². The summed E-state index contributed by atoms with van der Waals surface area (Å²) in [4.78, 5) is 12.0. The standard InChI is InChI=1S/C13H19NO3/c1-8(2)14-13(15)10-6-7-11(16-4)9(3)12(10)17-5/h6-8H,1-5H3,(H,14,15). The normalized spacial score (nSPS) is 10.2. The van der Waals surface area contributed by atoms with Crippen LogP contribution in [0, 0.1) is 6.92 Å². The van der Waals surface area contributed by atoms with E-state index in [2.05, 4.69) is 5.32 Å². The second-order valence-electron chi connectivity index (χ2n) is 4.10. The molecule has 1 aromatic rings. The highest BCUT2D eigenvalue weighted by atomic mass is 16.5. The van der Waals surface area contributed by atoms with Crippen LogP contribution < -0.4 is 14.8 Å². The SMILES string of the molecule is COc1ccc(C(=O)NC(C)C)c(OC)c1C. The van der Waals surface area contributed by atoms with Crippen molar-refractivity contribution in [2.45, 2.75) is 26.8 Å². The first-order valence-electron chi connectivity index (χ1n) is 5.53. The molecule has 0 saturated heterocycles. The number of carbonyl (C=O) groups is 1. The van der Waals surface area contributed by atoms with Crippen molar-refractivity contribution in [3.63, 3.8) is 0 Å². The third kappa shape index (κ3) is 2.90. The van der Waals surface area contributed by atoms with E-state index in [0.717, 1.165) is 5.56 Å². The molecule has 0 heterocycles. The van der Waals surface area contributed by atoms with E-state index in [1.807, 2.05) is 20.8 Å². The molecule has 17 heavy (non-hydrogen) atoms. The van der Waals surface area contributed by atoms with Gasteiger partial charge in [0.25, 0.3) is 5.91 Å². The first kappa shape index (κ1) is 13.4. The van der Waals surface area contributed by atoms with Crippen LogP contribution in [0.4, 0.5) is 0 Å². The summed E-state index contributed by atoms with van der Waals surface area (Å²) >= 11 is 0. The number of hydrogen-bond acceptors (Lipinski definition) is 3. The van der Waals surface area contributed by atoms with E-state index in [1.165, 1.54) is 0 Å². The van der Waals surface area contributed by atoms with Crippen molar-refractivity contribution in [1.29, 1.82) is 0 Å². The molecule has 4 nitrogen and oxygen atoms in total. The van der Waals surface area contributed by atoms with E-state index < -0.39 is 0 Å². The monoisotopic (exact) mass is 237 g/mol. The molecule has 1 N–H and O–H groups in total. The summed E-state index contributed by atoms with van der Waals surface area (Å²) in [6.07, 6.45) is 0. The van der Waals surface area contributed by atoms with Gasteiger partial charge in [0, 0.05) is 11.6 Å². The zero-order valence-corrected chi connectivity index (χ0v) is 11.0. The van der Waals surface area contributed by atoms with Gasteiger partial charge < -0.3 is 14.8 Å². The van der Waals surface area contributed by atoms with Gasteiger partial charge in [0.1, 0.15) is 11.5 Å². The van der Waals surface area contributed by atoms with Gasteiger partial charge in [-0.25, -0.2) is 0 Å². The Hall–Kier alpha value is -1.71. The maximum Gasteiger partial charge on any atom is 0.255 e. The largest absolute Gasteiger partial charge is 0.496 e. The third-order valence-electron chi connectivity index (χ3n) is 2.44. The Balaban J connectivity index is 3.16. The molecule has 0 saturated carbocycles. The molecule has 0 spiro atoms. The zero-order valence-electron chi connectivity index (χ0n) is 11.0. The topological polar surface area (TPSA) is 47.6 Å². The van der Waals surface area contributed by atoms with Crippen molar-refractivity contribution in [3.8, 4) is 11.5 Å². The Kier molecular flexibility index (Phi) is 4.37. The van der Waals surface area contributed by atoms with Crippen molar-refractivity contribution in [3.05, 3.63) is 23.3 Å². The van der Waals surface area contributed by atoms with E-state index >= 15 is 0 Å². The summed E-state index contributed by atoms with van der Waals surface area (Å²) in [6.45, 7) is 5.70. The fourth-order valence-electron chi connectivity index (χ4n) is 1.68. The Morgan fingerprint density at radius 1 is 1.24 bits per heavy atom. The number of rotatable bonds is 4. The van der Waals surface area contributed by atoms with Gasteiger partial charge in [-0.2, -0.15) is 0 Å². The maximum absolute atomic E-state index is 12.0. The number of ether oxygens (including phenoxy) is 2. The molecule has 94 valence electrons. The Morgan fingerprint density at radius 3 is 2.35 bits per heavy atom. The van der Waals surface area contributed by atoms with Crippen molar-refractivity contribution in [1.82, 2.24) is 5.32 Å². The molecule has 0 radical (unpaired) electrons. The molecule has 0 aliphatic heterocycles. The van der Waals surface area contributed by atoms with Crippen LogP contribution in [0.3, 0.4) is 0 Å². The van der Waals surface area contributed by atoms with E-state index in [0.29, 0.717) is 17.1 Å². The number of methoxy groups -OCH3 is 2. The van der Waals surface area contributed by atoms with E-state index in [4.69, 9.17) is 9.47 Å². The summed E-state index contributed by atoms with van der Waals surface area (Å²) in [5.74, 6) is 1.13. The molecule has 0 aliphatic rings. The fraction of sp³-hybridized carbons (Fsp3) is 0.462. The van der Waals surface area contributed by atoms with E-state index in [1.54, 1.807) is 26.4 Å². The molecule has 1 rings (SSSR count). The minimum absolute atomic E-state index is 0.0922. The van der Waals surface area contributed by atoms with Gasteiger partial charge in [-0.15, -0.1) is 0 Å². The van der Waals surface area contributed by atoms with Crippen LogP contribution in [0.1, 0.15) is 29.8 Å². The third-order valence-corrected chi connectivity index (χ3v) is 2.44. The van der Waals surface area contributed by atoms with Crippen LogP contribution in [0.2, 0.25) is 0 Å². The highest BCUT2D eigenvalue weighted by Gasteiger charge is 2.17. The van der Waals surface area contributed by atoms with Crippen LogP contribution >= 0.6 is 0 Å². The first-order valence-corrected chi connectivity index (χ1v) is 5.53. The van der Waals surface area contributed by atoms with Gasteiger partial charge in [0.05, 0.1) is 19.8 Å². The Morgan fingerprint density at radius 2 is 1.88 bits per heavy atom. The number of amides is 1. The Labute approximate surface area is 102 Å². The van der Waals surface area contributed by atoms with Crippen LogP contribution in [-0.2, 0) is 0 Å². The lowest BCUT2D eigenvalue weighted by Crippen LogP contribution is -2.30. The smallest absolute Gasteiger partial charge is 0.255 e. The lowest BCUT2D eigenvalue weighted by molar-refractivity contribution is 0.0940. The highest BCUT2D eigenvalue weighted by Crippen LogP contribution is 2.31. The van der Waals surface area contributed by atoms with E-state index in [9.17, 15) is 4.79 Å². The zero-order chi connectivity index (χ0) is 13.0. The van der Waals surface area contributed by atoms with Gasteiger partial charge in [0.2, 0.25) is 0 Å². The molecule has 0 aliphatic carbocycles. The minimum Gasteiger partial charge on any atom is -0.496 e. The average Bonchev–Trinajstić information content (AvgIpc) is 2.27. The molecular formula is C13H19NO3. The molecule has 0 aromatic heterocycles. The molecule has 0 atom stereocenters. The number of carbonyl (C=O) groups excluding carboxylic acids is 1. The van der Waals surface area contributed by atoms with Gasteiger partial charge >= 0.3 is 0 Å². The molecule has 4 heteroatoms. The lowest BCUT2D eigenvalue weighted by atomic mass is 10.1. The molecule has 0 fully saturated rings. The summed E-state index contributed by atoms with van der Waals surface area (Å²) in [5.41, 5.74) is 1.35. The first-order chi connectivity index (χ1) is 8.01. The molecule has 0 bridgehead atoms. The lowest BCUT2D eigenvalue weighted by Gasteiger charge is -2.15. The van der Waals surface area contributed by atoms with Gasteiger partial charge in [-0.3, -0.25) is 4.79 Å². The average molecular weight is 237 g/mol. The molecule has 1 aromatic carbocycles. The van der Waals surface area contributed by atoms with Crippen molar-refractivity contribution >= 4 is 5.91 Å². The summed E-state index contributed by atoms with van der Waals surface area (Å²) in [5, 5.41) is 2.84. The maximum atomic E-state index is 12.0. The summed E-state index contributed by atoms with van der Waals surface area (Å²) in [7, 11) is 3.14. The fourth-order valence-corrected chi connectivity index (χ4v) is 1.68. The van der Waals surface area contributed by atoms with Crippen molar-refractivity contribution in [2.75, 3.05) is 14.2 Å². The van der Waals surface area contributed by atoms with Crippen molar-refractivity contribution < 1.29 is 14.3 Å². The molecule has 0 unspecified atom stereocenters. The number of nitrogens with one attached hydrogen (secondary N) is 1. The minimum atomic E-state index is -0.136. The quantitative estimate of drug-likeness (QED) is 0.872. The second-order valence-corrected chi connectivity index (χ2v) is 4.10. The summed E-state index contributed by atoms with van der Waals surface area (Å²) < 4.78 is 10.5. The second kappa shape index (κ2) is 5.57. The molecule has 1 amide bonds. The molecular weight excluding hydrogens is 218 g/mol. The van der Waals surface area contributed by atoms with Crippen LogP contribution in [-0.4, -0.2) is 26.2 Å². The predicted octanol–water partition coefficient (Wildman–Crippen LogP) is 2.15. The van der Waals surface area contributed by atoms with Gasteiger partial charge in [-0.1, -0.05) is 0 Å². The van der Waals surface area contributed by atoms with Crippen LogP contribution in [0.25, 0.3) is 0 Å². The highest BCUT2D eigenvalue weighted by molar-refractivity contribution is 5.97. The van der Waals surface area contributed by atoms with Gasteiger partial charge in [0.15, 0.2) is 0 Å². The Bertz CT molecular complexity index is 413.